The molecule has 0 unspecified atom stereocenters. The van der Waals surface area contributed by atoms with Gasteiger partial charge in [0.15, 0.2) is 8.02 Å². The monoisotopic (exact) mass is 342 g/mol. The van der Waals surface area contributed by atoms with E-state index in [2.05, 4.69) is 32.8 Å². The van der Waals surface area contributed by atoms with Crippen LogP contribution in [0.15, 0.2) is 5.38 Å². The first-order valence-corrected chi connectivity index (χ1v) is 6.56. The fourth-order valence-corrected chi connectivity index (χ4v) is 3.61. The fourth-order valence-electron chi connectivity index (χ4n) is 0.871. The second-order valence-corrected chi connectivity index (χ2v) is 6.41. The molecule has 0 aromatic carbocycles. The molecular formula is C7H4ClIN2S2. The normalized spacial score (nSPS) is 10.7. The van der Waals surface area contributed by atoms with Gasteiger partial charge in [-0.25, -0.2) is 0 Å². The number of aromatic nitrogens is 2. The molecule has 0 amide bonds. The number of nitrogens with zero attached hydrogens (tertiary/aromatic N) is 2. The van der Waals surface area contributed by atoms with Crippen LogP contribution in [-0.2, 0) is 0 Å². The molecule has 2 rings (SSSR count). The van der Waals surface area contributed by atoms with Crippen molar-refractivity contribution in [2.75, 3.05) is 0 Å². The number of aryl methyl sites for hydroxylation is 1. The molecule has 0 N–H and O–H groups in total. The Hall–Kier alpha value is 0.280. The van der Waals surface area contributed by atoms with Crippen LogP contribution in [0.5, 0.6) is 0 Å². The summed E-state index contributed by atoms with van der Waals surface area (Å²) in [6, 6.07) is 0. The lowest BCUT2D eigenvalue weighted by Gasteiger charge is -1.89. The van der Waals surface area contributed by atoms with Crippen LogP contribution < -0.4 is 0 Å². The lowest BCUT2D eigenvalue weighted by Crippen LogP contribution is -1.73. The summed E-state index contributed by atoms with van der Waals surface area (Å²) in [7, 11) is 0. The van der Waals surface area contributed by atoms with E-state index in [-0.39, 0.29) is 0 Å². The fraction of sp³-hybridized carbons (Fsp3) is 0.143. The number of thiophene rings is 1. The summed E-state index contributed by atoms with van der Waals surface area (Å²) in [4.78, 5) is 1.03. The van der Waals surface area contributed by atoms with E-state index >= 15 is 0 Å². The second kappa shape index (κ2) is 3.80. The van der Waals surface area contributed by atoms with Crippen molar-refractivity contribution < 1.29 is 0 Å². The lowest BCUT2D eigenvalue weighted by atomic mass is 10.3. The minimum atomic E-state index is 0.803. The molecule has 2 aromatic heterocycles. The van der Waals surface area contributed by atoms with Gasteiger partial charge in [-0.15, -0.1) is 21.5 Å². The van der Waals surface area contributed by atoms with Crippen molar-refractivity contribution in [3.05, 3.63) is 19.0 Å². The third-order valence-electron chi connectivity index (χ3n) is 1.49. The minimum absolute atomic E-state index is 0.803. The molecule has 6 heteroatoms. The van der Waals surface area contributed by atoms with Gasteiger partial charge in [0.25, 0.3) is 0 Å². The zero-order valence-electron chi connectivity index (χ0n) is 6.54. The van der Waals surface area contributed by atoms with E-state index in [0.717, 1.165) is 23.5 Å². The van der Waals surface area contributed by atoms with Gasteiger partial charge in [0.1, 0.15) is 0 Å². The molecule has 0 atom stereocenters. The molecule has 2 heterocycles. The molecule has 0 aliphatic rings. The Morgan fingerprint density at radius 1 is 1.46 bits per heavy atom. The van der Waals surface area contributed by atoms with Crippen LogP contribution in [0.4, 0.5) is 0 Å². The Balaban J connectivity index is 2.52. The highest BCUT2D eigenvalue weighted by Gasteiger charge is 2.12. The largest absolute Gasteiger partial charge is 0.178 e. The molecule has 0 bridgehead atoms. The predicted octanol–water partition coefficient (Wildman–Crippen LogP) is 3.83. The quantitative estimate of drug-likeness (QED) is 0.736. The Labute approximate surface area is 102 Å². The van der Waals surface area contributed by atoms with E-state index in [4.69, 9.17) is 11.6 Å². The van der Waals surface area contributed by atoms with Crippen molar-refractivity contribution in [1.29, 1.82) is 0 Å². The Kier molecular flexibility index (Phi) is 2.87. The van der Waals surface area contributed by atoms with E-state index in [9.17, 15) is 0 Å². The second-order valence-electron chi connectivity index (χ2n) is 2.42. The maximum absolute atomic E-state index is 6.10. The van der Waals surface area contributed by atoms with Gasteiger partial charge in [0, 0.05) is 0 Å². The molecule has 2 nitrogen and oxygen atoms in total. The van der Waals surface area contributed by atoms with Crippen LogP contribution in [0.2, 0.25) is 5.02 Å². The SMILES string of the molecule is Cc1csc(-c2nnc(I)s2)c1Cl. The van der Waals surface area contributed by atoms with Gasteiger partial charge in [-0.05, 0) is 40.5 Å². The van der Waals surface area contributed by atoms with Gasteiger partial charge < -0.3 is 0 Å². The number of halogens is 2. The first-order chi connectivity index (χ1) is 6.18. The molecule has 0 spiro atoms. The van der Waals surface area contributed by atoms with Crippen LogP contribution in [0, 0.1) is 9.94 Å². The van der Waals surface area contributed by atoms with Gasteiger partial charge in [-0.2, -0.15) is 0 Å². The van der Waals surface area contributed by atoms with Crippen molar-refractivity contribution in [2.24, 2.45) is 0 Å². The summed E-state index contributed by atoms with van der Waals surface area (Å²) in [6.07, 6.45) is 0. The van der Waals surface area contributed by atoms with Crippen LogP contribution in [0.25, 0.3) is 9.88 Å². The van der Waals surface area contributed by atoms with E-state index in [1.54, 1.807) is 22.7 Å². The highest BCUT2D eigenvalue weighted by atomic mass is 127. The van der Waals surface area contributed by atoms with Gasteiger partial charge in [-0.3, -0.25) is 0 Å². The van der Waals surface area contributed by atoms with Crippen molar-refractivity contribution in [3.8, 4) is 9.88 Å². The molecule has 2 aromatic rings. The molecule has 0 aliphatic carbocycles. The van der Waals surface area contributed by atoms with Crippen LogP contribution in [0.3, 0.4) is 0 Å². The maximum atomic E-state index is 6.10. The molecule has 0 fully saturated rings. The van der Waals surface area contributed by atoms with E-state index in [1.807, 2.05) is 12.3 Å². The van der Waals surface area contributed by atoms with Gasteiger partial charge in [-0.1, -0.05) is 22.9 Å². The summed E-state index contributed by atoms with van der Waals surface area (Å²) < 4.78 is 0.940. The standard InChI is InChI=1S/C7H4ClIN2S2/c1-3-2-12-5(4(3)8)6-10-11-7(9)13-6/h2H,1H3. The first kappa shape index (κ1) is 9.82. The van der Waals surface area contributed by atoms with E-state index in [0.29, 0.717) is 0 Å². The van der Waals surface area contributed by atoms with E-state index in [1.165, 1.54) is 0 Å². The maximum Gasteiger partial charge on any atom is 0.178 e. The summed E-state index contributed by atoms with van der Waals surface area (Å²) in [5.41, 5.74) is 1.10. The highest BCUT2D eigenvalue weighted by molar-refractivity contribution is 14.1. The van der Waals surface area contributed by atoms with Crippen LogP contribution in [0.1, 0.15) is 5.56 Å². The average molecular weight is 343 g/mol. The topological polar surface area (TPSA) is 25.8 Å². The van der Waals surface area contributed by atoms with Crippen molar-refractivity contribution in [2.45, 2.75) is 6.92 Å². The molecule has 13 heavy (non-hydrogen) atoms. The Morgan fingerprint density at radius 2 is 2.23 bits per heavy atom. The number of hydrogen-bond acceptors (Lipinski definition) is 4. The predicted molar refractivity (Wildman–Crippen MR) is 65.7 cm³/mol. The molecule has 0 aliphatic heterocycles. The van der Waals surface area contributed by atoms with Crippen LogP contribution in [-0.4, -0.2) is 10.2 Å². The number of rotatable bonds is 1. The highest BCUT2D eigenvalue weighted by Crippen LogP contribution is 2.37. The molecular weight excluding hydrogens is 339 g/mol. The van der Waals surface area contributed by atoms with E-state index < -0.39 is 0 Å². The lowest BCUT2D eigenvalue weighted by molar-refractivity contribution is 1.08. The summed E-state index contributed by atoms with van der Waals surface area (Å²) >= 11 is 11.4. The van der Waals surface area contributed by atoms with Crippen LogP contribution >= 0.6 is 56.9 Å². The summed E-state index contributed by atoms with van der Waals surface area (Å²) in [6.45, 7) is 1.99. The third kappa shape index (κ3) is 1.88. The minimum Gasteiger partial charge on any atom is -0.139 e. The average Bonchev–Trinajstić information content (AvgIpc) is 2.62. The summed E-state index contributed by atoms with van der Waals surface area (Å²) in [5.74, 6) is 0. The van der Waals surface area contributed by atoms with Crippen molar-refractivity contribution >= 4 is 56.9 Å². The molecule has 0 saturated carbocycles. The molecule has 0 radical (unpaired) electrons. The first-order valence-electron chi connectivity index (χ1n) is 3.41. The van der Waals surface area contributed by atoms with Gasteiger partial charge in [0.2, 0.25) is 0 Å². The van der Waals surface area contributed by atoms with Gasteiger partial charge >= 0.3 is 0 Å². The smallest absolute Gasteiger partial charge is 0.139 e. The molecule has 68 valence electrons. The third-order valence-corrected chi connectivity index (χ3v) is 4.93. The van der Waals surface area contributed by atoms with Crippen molar-refractivity contribution in [3.63, 3.8) is 0 Å². The molecule has 0 saturated heterocycles. The number of hydrogen-bond donors (Lipinski definition) is 0. The Morgan fingerprint density at radius 3 is 2.69 bits per heavy atom. The van der Waals surface area contributed by atoms with Gasteiger partial charge in [0.05, 0.1) is 9.90 Å². The summed E-state index contributed by atoms with van der Waals surface area (Å²) in [5, 5.41) is 11.7. The van der Waals surface area contributed by atoms with Crippen molar-refractivity contribution in [1.82, 2.24) is 10.2 Å². The Bertz CT molecular complexity index is 437. The zero-order chi connectivity index (χ0) is 9.42. The zero-order valence-corrected chi connectivity index (χ0v) is 11.1.